The minimum Gasteiger partial charge on any atom is -0.461 e. The molecule has 1 heterocycles. The van der Waals surface area contributed by atoms with Crippen LogP contribution in [0.2, 0.25) is 0 Å². The molecular formula is C13H22N2O5S. The first kappa shape index (κ1) is 17.7. The van der Waals surface area contributed by atoms with E-state index in [-0.39, 0.29) is 36.3 Å². The predicted molar refractivity (Wildman–Crippen MR) is 77.7 cm³/mol. The molecule has 0 aliphatic carbocycles. The molecule has 120 valence electrons. The van der Waals surface area contributed by atoms with Crippen LogP contribution in [0.1, 0.15) is 35.6 Å². The summed E-state index contributed by atoms with van der Waals surface area (Å²) in [5.41, 5.74) is 0.847. The molecule has 7 nitrogen and oxygen atoms in total. The average molecular weight is 318 g/mol. The third kappa shape index (κ3) is 4.05. The SMILES string of the molecule is CCOC(=O)c1[nH]c(C)c(S(=O)(=O)NCC(C)CO)c1C. The first-order valence-corrected chi connectivity index (χ1v) is 8.19. The Kier molecular flexibility index (Phi) is 5.94. The summed E-state index contributed by atoms with van der Waals surface area (Å²) in [6.07, 6.45) is 0. The molecular weight excluding hydrogens is 296 g/mol. The van der Waals surface area contributed by atoms with Crippen molar-refractivity contribution < 1.29 is 23.1 Å². The van der Waals surface area contributed by atoms with Gasteiger partial charge >= 0.3 is 5.97 Å². The van der Waals surface area contributed by atoms with Crippen LogP contribution in [0.5, 0.6) is 0 Å². The molecule has 1 unspecified atom stereocenters. The zero-order chi connectivity index (χ0) is 16.2. The van der Waals surface area contributed by atoms with Gasteiger partial charge in [-0.05, 0) is 26.7 Å². The Labute approximate surface area is 124 Å². The number of ether oxygens (including phenoxy) is 1. The van der Waals surface area contributed by atoms with Gasteiger partial charge in [-0.1, -0.05) is 6.92 Å². The Morgan fingerprint density at radius 3 is 2.57 bits per heavy atom. The predicted octanol–water partition coefficient (Wildman–Crippen LogP) is 0.715. The second-order valence-electron chi connectivity index (χ2n) is 4.94. The Morgan fingerprint density at radius 2 is 2.05 bits per heavy atom. The summed E-state index contributed by atoms with van der Waals surface area (Å²) in [4.78, 5) is 14.6. The summed E-state index contributed by atoms with van der Waals surface area (Å²) >= 11 is 0. The van der Waals surface area contributed by atoms with E-state index in [4.69, 9.17) is 9.84 Å². The van der Waals surface area contributed by atoms with Gasteiger partial charge in [0.15, 0.2) is 0 Å². The van der Waals surface area contributed by atoms with Crippen molar-refractivity contribution in [3.05, 3.63) is 17.0 Å². The van der Waals surface area contributed by atoms with Gasteiger partial charge in [-0.3, -0.25) is 0 Å². The second kappa shape index (κ2) is 7.06. The van der Waals surface area contributed by atoms with Gasteiger partial charge in [0, 0.05) is 24.4 Å². The van der Waals surface area contributed by atoms with Crippen LogP contribution in [0.4, 0.5) is 0 Å². The zero-order valence-corrected chi connectivity index (χ0v) is 13.5. The van der Waals surface area contributed by atoms with Gasteiger partial charge in [-0.2, -0.15) is 0 Å². The van der Waals surface area contributed by atoms with Crippen molar-refractivity contribution in [2.75, 3.05) is 19.8 Å². The number of aromatic amines is 1. The minimum atomic E-state index is -3.75. The summed E-state index contributed by atoms with van der Waals surface area (Å²) in [6.45, 7) is 6.77. The molecule has 0 bridgehead atoms. The third-order valence-electron chi connectivity index (χ3n) is 3.05. The standard InChI is InChI=1S/C13H22N2O5S/c1-5-20-13(17)11-9(3)12(10(4)15-11)21(18,19)14-6-8(2)7-16/h8,14-16H,5-7H2,1-4H3. The van der Waals surface area contributed by atoms with E-state index < -0.39 is 16.0 Å². The fourth-order valence-electron chi connectivity index (χ4n) is 1.93. The summed E-state index contributed by atoms with van der Waals surface area (Å²) in [6, 6.07) is 0. The van der Waals surface area contributed by atoms with Crippen molar-refractivity contribution in [3.63, 3.8) is 0 Å². The van der Waals surface area contributed by atoms with Crippen LogP contribution in [0.3, 0.4) is 0 Å². The van der Waals surface area contributed by atoms with E-state index in [0.717, 1.165) is 0 Å². The number of aliphatic hydroxyl groups is 1. The van der Waals surface area contributed by atoms with E-state index in [1.54, 1.807) is 27.7 Å². The maximum atomic E-state index is 12.3. The molecule has 0 fully saturated rings. The van der Waals surface area contributed by atoms with Crippen LogP contribution in [0.15, 0.2) is 4.90 Å². The maximum Gasteiger partial charge on any atom is 0.355 e. The number of aromatic nitrogens is 1. The Morgan fingerprint density at radius 1 is 1.43 bits per heavy atom. The first-order chi connectivity index (χ1) is 9.74. The van der Waals surface area contributed by atoms with E-state index >= 15 is 0 Å². The van der Waals surface area contributed by atoms with E-state index in [1.165, 1.54) is 0 Å². The number of nitrogens with one attached hydrogen (secondary N) is 2. The molecule has 8 heteroatoms. The number of aryl methyl sites for hydroxylation is 1. The quantitative estimate of drug-likeness (QED) is 0.642. The number of sulfonamides is 1. The first-order valence-electron chi connectivity index (χ1n) is 6.71. The number of rotatable bonds is 7. The van der Waals surface area contributed by atoms with Gasteiger partial charge in [0.1, 0.15) is 10.6 Å². The van der Waals surface area contributed by atoms with Crippen LogP contribution < -0.4 is 4.72 Å². The van der Waals surface area contributed by atoms with Crippen LogP contribution in [0.25, 0.3) is 0 Å². The Balaban J connectivity index is 3.10. The van der Waals surface area contributed by atoms with Gasteiger partial charge in [-0.25, -0.2) is 17.9 Å². The van der Waals surface area contributed by atoms with Crippen LogP contribution in [-0.4, -0.2) is 44.2 Å². The molecule has 0 spiro atoms. The highest BCUT2D eigenvalue weighted by Gasteiger charge is 2.27. The maximum absolute atomic E-state index is 12.3. The molecule has 0 saturated carbocycles. The molecule has 0 aliphatic rings. The van der Waals surface area contributed by atoms with Crippen molar-refractivity contribution in [1.82, 2.24) is 9.71 Å². The Bertz CT molecular complexity index is 606. The number of aliphatic hydroxyl groups excluding tert-OH is 1. The molecule has 0 aliphatic heterocycles. The van der Waals surface area contributed by atoms with E-state index in [2.05, 4.69) is 9.71 Å². The van der Waals surface area contributed by atoms with Gasteiger partial charge in [0.25, 0.3) is 0 Å². The molecule has 0 aromatic carbocycles. The highest BCUT2D eigenvalue weighted by molar-refractivity contribution is 7.89. The third-order valence-corrected chi connectivity index (χ3v) is 4.75. The number of esters is 1. The van der Waals surface area contributed by atoms with Crippen molar-refractivity contribution in [2.45, 2.75) is 32.6 Å². The second-order valence-corrected chi connectivity index (χ2v) is 6.64. The molecule has 0 radical (unpaired) electrons. The molecule has 1 aromatic rings. The summed E-state index contributed by atoms with van der Waals surface area (Å²) in [5, 5.41) is 8.95. The van der Waals surface area contributed by atoms with Gasteiger partial charge in [-0.15, -0.1) is 0 Å². The zero-order valence-electron chi connectivity index (χ0n) is 12.7. The number of carbonyl (C=O) groups excluding carboxylic acids is 1. The van der Waals surface area contributed by atoms with Crippen LogP contribution in [0, 0.1) is 19.8 Å². The smallest absolute Gasteiger partial charge is 0.355 e. The highest BCUT2D eigenvalue weighted by atomic mass is 32.2. The monoisotopic (exact) mass is 318 g/mol. The minimum absolute atomic E-state index is 0.0516. The number of hydrogen-bond donors (Lipinski definition) is 3. The number of H-pyrrole nitrogens is 1. The van der Waals surface area contributed by atoms with Gasteiger partial charge < -0.3 is 14.8 Å². The van der Waals surface area contributed by atoms with Crippen LogP contribution in [-0.2, 0) is 14.8 Å². The lowest BCUT2D eigenvalue weighted by Crippen LogP contribution is -2.30. The van der Waals surface area contributed by atoms with Gasteiger partial charge in [0.2, 0.25) is 10.0 Å². The molecule has 3 N–H and O–H groups in total. The van der Waals surface area contributed by atoms with Gasteiger partial charge in [0.05, 0.1) is 6.61 Å². The Hall–Kier alpha value is -1.38. The normalized spacial score (nSPS) is 13.2. The van der Waals surface area contributed by atoms with E-state index in [0.29, 0.717) is 11.3 Å². The van der Waals surface area contributed by atoms with Crippen molar-refractivity contribution in [2.24, 2.45) is 5.92 Å². The van der Waals surface area contributed by atoms with Crippen molar-refractivity contribution in [1.29, 1.82) is 0 Å². The lowest BCUT2D eigenvalue weighted by atomic mass is 10.2. The van der Waals surface area contributed by atoms with E-state index in [1.807, 2.05) is 0 Å². The molecule has 0 saturated heterocycles. The van der Waals surface area contributed by atoms with E-state index in [9.17, 15) is 13.2 Å². The lowest BCUT2D eigenvalue weighted by Gasteiger charge is -2.11. The fourth-order valence-corrected chi connectivity index (χ4v) is 3.54. The average Bonchev–Trinajstić information content (AvgIpc) is 2.72. The fraction of sp³-hybridized carbons (Fsp3) is 0.615. The highest BCUT2D eigenvalue weighted by Crippen LogP contribution is 2.23. The summed E-state index contributed by atoms with van der Waals surface area (Å²) in [5.74, 6) is -0.771. The molecule has 1 rings (SSSR count). The van der Waals surface area contributed by atoms with Crippen molar-refractivity contribution in [3.8, 4) is 0 Å². The molecule has 1 aromatic heterocycles. The summed E-state index contributed by atoms with van der Waals surface area (Å²) < 4.78 is 32.0. The number of carbonyl (C=O) groups is 1. The van der Waals surface area contributed by atoms with Crippen molar-refractivity contribution >= 4 is 16.0 Å². The lowest BCUT2D eigenvalue weighted by molar-refractivity contribution is 0.0519. The topological polar surface area (TPSA) is 108 Å². The molecule has 1 atom stereocenters. The molecule has 21 heavy (non-hydrogen) atoms. The summed E-state index contributed by atoms with van der Waals surface area (Å²) in [7, 11) is -3.75. The molecule has 0 amide bonds. The number of hydrogen-bond acceptors (Lipinski definition) is 5. The largest absolute Gasteiger partial charge is 0.461 e. The van der Waals surface area contributed by atoms with Crippen LogP contribution >= 0.6 is 0 Å².